The largest absolute Gasteiger partial charge is 0.465 e. The molecule has 3 N–H and O–H groups in total. The SMILES string of the molecule is COC(=O)c1cc(CNC(N)=O)ccc1F. The Kier molecular flexibility index (Phi) is 3.82. The topological polar surface area (TPSA) is 81.4 Å². The summed E-state index contributed by atoms with van der Waals surface area (Å²) < 4.78 is 17.6. The van der Waals surface area contributed by atoms with Crippen LogP contribution in [0.3, 0.4) is 0 Å². The number of hydrogen-bond acceptors (Lipinski definition) is 3. The highest BCUT2D eigenvalue weighted by Crippen LogP contribution is 2.11. The van der Waals surface area contributed by atoms with Crippen LogP contribution >= 0.6 is 0 Å². The molecule has 1 aromatic carbocycles. The summed E-state index contributed by atoms with van der Waals surface area (Å²) >= 11 is 0. The zero-order valence-electron chi connectivity index (χ0n) is 8.62. The Balaban J connectivity index is 2.89. The number of rotatable bonds is 3. The van der Waals surface area contributed by atoms with Gasteiger partial charge in [-0.05, 0) is 17.7 Å². The molecule has 0 aliphatic rings. The summed E-state index contributed by atoms with van der Waals surface area (Å²) in [7, 11) is 1.16. The molecule has 0 saturated carbocycles. The molecule has 5 nitrogen and oxygen atoms in total. The van der Waals surface area contributed by atoms with E-state index in [9.17, 15) is 14.0 Å². The molecule has 0 spiro atoms. The molecule has 0 bridgehead atoms. The van der Waals surface area contributed by atoms with Gasteiger partial charge in [0.05, 0.1) is 12.7 Å². The Morgan fingerprint density at radius 2 is 2.19 bits per heavy atom. The van der Waals surface area contributed by atoms with Gasteiger partial charge in [-0.2, -0.15) is 0 Å². The van der Waals surface area contributed by atoms with Crippen LogP contribution in [0.4, 0.5) is 9.18 Å². The lowest BCUT2D eigenvalue weighted by molar-refractivity contribution is 0.0595. The second kappa shape index (κ2) is 5.11. The van der Waals surface area contributed by atoms with E-state index in [1.54, 1.807) is 0 Å². The van der Waals surface area contributed by atoms with Crippen molar-refractivity contribution in [2.75, 3.05) is 7.11 Å². The minimum atomic E-state index is -0.765. The van der Waals surface area contributed by atoms with E-state index in [1.807, 2.05) is 0 Å². The number of methoxy groups -OCH3 is 1. The lowest BCUT2D eigenvalue weighted by atomic mass is 10.1. The number of carbonyl (C=O) groups is 2. The molecule has 16 heavy (non-hydrogen) atoms. The van der Waals surface area contributed by atoms with Gasteiger partial charge in [0.1, 0.15) is 5.82 Å². The first kappa shape index (κ1) is 12.0. The van der Waals surface area contributed by atoms with Gasteiger partial charge in [-0.25, -0.2) is 14.0 Å². The van der Waals surface area contributed by atoms with Gasteiger partial charge < -0.3 is 15.8 Å². The monoisotopic (exact) mass is 226 g/mol. The van der Waals surface area contributed by atoms with Crippen molar-refractivity contribution in [1.82, 2.24) is 5.32 Å². The van der Waals surface area contributed by atoms with Gasteiger partial charge in [0, 0.05) is 6.54 Å². The lowest BCUT2D eigenvalue weighted by Crippen LogP contribution is -2.28. The maximum Gasteiger partial charge on any atom is 0.340 e. The fourth-order valence-electron chi connectivity index (χ4n) is 1.14. The predicted molar refractivity (Wildman–Crippen MR) is 54.2 cm³/mol. The Hall–Kier alpha value is -2.11. The standard InChI is InChI=1S/C10H11FN2O3/c1-16-9(14)7-4-6(2-3-8(7)11)5-13-10(12)15/h2-4H,5H2,1H3,(H3,12,13,15). The maximum atomic E-state index is 13.2. The van der Waals surface area contributed by atoms with Crippen LogP contribution in [0.15, 0.2) is 18.2 Å². The van der Waals surface area contributed by atoms with E-state index in [4.69, 9.17) is 5.73 Å². The first-order chi connectivity index (χ1) is 7.54. The molecule has 1 rings (SSSR count). The third-order valence-electron chi connectivity index (χ3n) is 1.90. The summed E-state index contributed by atoms with van der Waals surface area (Å²) in [4.78, 5) is 21.6. The summed E-state index contributed by atoms with van der Waals surface area (Å²) in [5.74, 6) is -1.44. The normalized spacial score (nSPS) is 9.62. The van der Waals surface area contributed by atoms with E-state index in [-0.39, 0.29) is 12.1 Å². The average Bonchev–Trinajstić information content (AvgIpc) is 2.27. The molecule has 0 aromatic heterocycles. The van der Waals surface area contributed by atoms with Crippen LogP contribution in [0.5, 0.6) is 0 Å². The molecule has 0 atom stereocenters. The first-order valence-electron chi connectivity index (χ1n) is 4.44. The van der Waals surface area contributed by atoms with Crippen molar-refractivity contribution in [3.63, 3.8) is 0 Å². The number of urea groups is 1. The molecule has 2 amide bonds. The fraction of sp³-hybridized carbons (Fsp3) is 0.200. The maximum absolute atomic E-state index is 13.2. The number of amides is 2. The smallest absolute Gasteiger partial charge is 0.340 e. The first-order valence-corrected chi connectivity index (χ1v) is 4.44. The molecule has 0 aliphatic carbocycles. The van der Waals surface area contributed by atoms with E-state index >= 15 is 0 Å². The highest BCUT2D eigenvalue weighted by atomic mass is 19.1. The van der Waals surface area contributed by atoms with Crippen molar-refractivity contribution in [3.8, 4) is 0 Å². The van der Waals surface area contributed by atoms with E-state index in [1.165, 1.54) is 12.1 Å². The second-order valence-corrected chi connectivity index (χ2v) is 3.02. The molecular weight excluding hydrogens is 215 g/mol. The van der Waals surface area contributed by atoms with Crippen LogP contribution in [0.25, 0.3) is 0 Å². The van der Waals surface area contributed by atoms with Crippen molar-refractivity contribution in [1.29, 1.82) is 0 Å². The molecule has 1 aromatic rings. The van der Waals surface area contributed by atoms with Gasteiger partial charge in [0.15, 0.2) is 0 Å². The molecular formula is C10H11FN2O3. The van der Waals surface area contributed by atoms with Crippen LogP contribution in [-0.2, 0) is 11.3 Å². The van der Waals surface area contributed by atoms with E-state index < -0.39 is 17.8 Å². The molecule has 86 valence electrons. The Morgan fingerprint density at radius 1 is 1.50 bits per heavy atom. The van der Waals surface area contributed by atoms with Gasteiger partial charge in [0.25, 0.3) is 0 Å². The number of esters is 1. The number of ether oxygens (including phenoxy) is 1. The average molecular weight is 226 g/mol. The van der Waals surface area contributed by atoms with Crippen LogP contribution in [-0.4, -0.2) is 19.1 Å². The highest BCUT2D eigenvalue weighted by molar-refractivity contribution is 5.89. The Morgan fingerprint density at radius 3 is 2.75 bits per heavy atom. The molecule has 0 aliphatic heterocycles. The molecule has 0 unspecified atom stereocenters. The minimum absolute atomic E-state index is 0.125. The number of hydrogen-bond donors (Lipinski definition) is 2. The second-order valence-electron chi connectivity index (χ2n) is 3.02. The summed E-state index contributed by atoms with van der Waals surface area (Å²) in [5.41, 5.74) is 5.26. The van der Waals surface area contributed by atoms with E-state index in [0.717, 1.165) is 13.2 Å². The van der Waals surface area contributed by atoms with Crippen LogP contribution in [0, 0.1) is 5.82 Å². The highest BCUT2D eigenvalue weighted by Gasteiger charge is 2.12. The Labute approximate surface area is 91.4 Å². The zero-order valence-corrected chi connectivity index (χ0v) is 8.62. The van der Waals surface area contributed by atoms with Gasteiger partial charge in [-0.3, -0.25) is 0 Å². The molecule has 0 saturated heterocycles. The van der Waals surface area contributed by atoms with E-state index in [0.29, 0.717) is 5.56 Å². The summed E-state index contributed by atoms with van der Waals surface area (Å²) in [6.07, 6.45) is 0. The number of nitrogens with two attached hydrogens (primary N) is 1. The number of primary amides is 1. The summed E-state index contributed by atoms with van der Waals surface area (Å²) in [6.45, 7) is 0.125. The number of halogens is 1. The van der Waals surface area contributed by atoms with Crippen molar-refractivity contribution >= 4 is 12.0 Å². The third kappa shape index (κ3) is 2.94. The van der Waals surface area contributed by atoms with Crippen molar-refractivity contribution < 1.29 is 18.7 Å². The molecule has 0 radical (unpaired) electrons. The van der Waals surface area contributed by atoms with E-state index in [2.05, 4.69) is 10.1 Å². The van der Waals surface area contributed by atoms with Gasteiger partial charge in [-0.15, -0.1) is 0 Å². The third-order valence-corrected chi connectivity index (χ3v) is 1.90. The summed E-state index contributed by atoms with van der Waals surface area (Å²) in [6, 6.07) is 3.18. The van der Waals surface area contributed by atoms with Crippen molar-refractivity contribution in [3.05, 3.63) is 35.1 Å². The number of carbonyl (C=O) groups excluding carboxylic acids is 2. The lowest BCUT2D eigenvalue weighted by Gasteiger charge is -2.05. The molecule has 0 fully saturated rings. The van der Waals surface area contributed by atoms with Crippen molar-refractivity contribution in [2.45, 2.75) is 6.54 Å². The van der Waals surface area contributed by atoms with Gasteiger partial charge in [0.2, 0.25) is 0 Å². The molecule has 6 heteroatoms. The van der Waals surface area contributed by atoms with Gasteiger partial charge >= 0.3 is 12.0 Å². The quantitative estimate of drug-likeness (QED) is 0.747. The van der Waals surface area contributed by atoms with Crippen LogP contribution in [0.2, 0.25) is 0 Å². The number of benzene rings is 1. The summed E-state index contributed by atoms with van der Waals surface area (Å²) in [5, 5.41) is 2.33. The number of nitrogens with one attached hydrogen (secondary N) is 1. The predicted octanol–water partition coefficient (Wildman–Crippen LogP) is 0.781. The van der Waals surface area contributed by atoms with Crippen molar-refractivity contribution in [2.24, 2.45) is 5.73 Å². The zero-order chi connectivity index (χ0) is 12.1. The fourth-order valence-corrected chi connectivity index (χ4v) is 1.14. The Bertz CT molecular complexity index is 421. The van der Waals surface area contributed by atoms with Crippen LogP contribution < -0.4 is 11.1 Å². The minimum Gasteiger partial charge on any atom is -0.465 e. The van der Waals surface area contributed by atoms with Gasteiger partial charge in [-0.1, -0.05) is 6.07 Å². The van der Waals surface area contributed by atoms with Crippen LogP contribution in [0.1, 0.15) is 15.9 Å². The molecule has 0 heterocycles.